The zero-order valence-electron chi connectivity index (χ0n) is 14.3. The summed E-state index contributed by atoms with van der Waals surface area (Å²) in [5.41, 5.74) is 0.725. The number of anilines is 1. The molecule has 1 amide bonds. The van der Waals surface area contributed by atoms with Gasteiger partial charge in [0.15, 0.2) is 11.5 Å². The lowest BCUT2D eigenvalue weighted by molar-refractivity contribution is -0.116. The van der Waals surface area contributed by atoms with E-state index in [0.29, 0.717) is 17.9 Å². The van der Waals surface area contributed by atoms with Gasteiger partial charge in [0.2, 0.25) is 5.91 Å². The minimum absolute atomic E-state index is 0.0233. The van der Waals surface area contributed by atoms with Crippen LogP contribution in [0.5, 0.6) is 11.5 Å². The van der Waals surface area contributed by atoms with E-state index in [2.05, 4.69) is 22.0 Å². The summed E-state index contributed by atoms with van der Waals surface area (Å²) in [6, 6.07) is 5.38. The first-order valence-corrected chi connectivity index (χ1v) is 8.12. The van der Waals surface area contributed by atoms with Crippen LogP contribution in [0.4, 0.5) is 5.69 Å². The Bertz CT molecular complexity index is 514. The molecule has 0 atom stereocenters. The second kappa shape index (κ2) is 8.74. The lowest BCUT2D eigenvalue weighted by Gasteiger charge is -2.33. The second-order valence-electron chi connectivity index (χ2n) is 5.64. The Morgan fingerprint density at radius 2 is 1.74 bits per heavy atom. The van der Waals surface area contributed by atoms with Gasteiger partial charge in [-0.1, -0.05) is 6.92 Å². The molecule has 0 aromatic heterocycles. The van der Waals surface area contributed by atoms with Crippen molar-refractivity contribution >= 4 is 11.6 Å². The number of ether oxygens (including phenoxy) is 2. The summed E-state index contributed by atoms with van der Waals surface area (Å²) in [4.78, 5) is 16.9. The number of rotatable bonds is 7. The smallest absolute Gasteiger partial charge is 0.225 e. The van der Waals surface area contributed by atoms with Gasteiger partial charge in [-0.25, -0.2) is 0 Å². The molecule has 6 nitrogen and oxygen atoms in total. The number of amides is 1. The molecule has 1 aliphatic rings. The monoisotopic (exact) mass is 321 g/mol. The zero-order valence-corrected chi connectivity index (χ0v) is 14.3. The number of hydrogen-bond donors (Lipinski definition) is 1. The molecule has 0 radical (unpaired) electrons. The van der Waals surface area contributed by atoms with Crippen LogP contribution in [0.2, 0.25) is 0 Å². The Balaban J connectivity index is 1.79. The molecule has 1 saturated heterocycles. The topological polar surface area (TPSA) is 54.0 Å². The van der Waals surface area contributed by atoms with Crippen LogP contribution in [0.1, 0.15) is 13.3 Å². The van der Waals surface area contributed by atoms with Gasteiger partial charge in [0.05, 0.1) is 14.2 Å². The van der Waals surface area contributed by atoms with Gasteiger partial charge in [-0.2, -0.15) is 0 Å². The fraction of sp³-hybridized carbons (Fsp3) is 0.588. The lowest BCUT2D eigenvalue weighted by atomic mass is 10.2. The van der Waals surface area contributed by atoms with E-state index in [4.69, 9.17) is 9.47 Å². The van der Waals surface area contributed by atoms with Crippen molar-refractivity contribution in [3.63, 3.8) is 0 Å². The standard InChI is InChI=1S/C17H27N3O3/c1-4-19-9-11-20(12-10-19)8-7-17(21)18-14-5-6-15(22-2)16(13-14)23-3/h5-6,13H,4,7-12H2,1-3H3,(H,18,21). The fourth-order valence-electron chi connectivity index (χ4n) is 2.73. The van der Waals surface area contributed by atoms with Crippen molar-refractivity contribution in [1.82, 2.24) is 9.80 Å². The molecule has 0 unspecified atom stereocenters. The number of benzene rings is 1. The van der Waals surface area contributed by atoms with E-state index < -0.39 is 0 Å². The van der Waals surface area contributed by atoms with Gasteiger partial charge in [-0.05, 0) is 18.7 Å². The summed E-state index contributed by atoms with van der Waals surface area (Å²) < 4.78 is 10.4. The van der Waals surface area contributed by atoms with E-state index in [9.17, 15) is 4.79 Å². The number of likely N-dealkylation sites (N-methyl/N-ethyl adjacent to an activating group) is 1. The third-order valence-electron chi connectivity index (χ3n) is 4.23. The van der Waals surface area contributed by atoms with Crippen molar-refractivity contribution in [3.8, 4) is 11.5 Å². The van der Waals surface area contributed by atoms with Crippen molar-refractivity contribution in [3.05, 3.63) is 18.2 Å². The van der Waals surface area contributed by atoms with Gasteiger partial charge in [0, 0.05) is 50.9 Å². The lowest BCUT2D eigenvalue weighted by Crippen LogP contribution is -2.46. The Hall–Kier alpha value is -1.79. The molecular formula is C17H27N3O3. The van der Waals surface area contributed by atoms with Crippen molar-refractivity contribution in [1.29, 1.82) is 0 Å². The Morgan fingerprint density at radius 3 is 2.35 bits per heavy atom. The summed E-state index contributed by atoms with van der Waals surface area (Å²) in [6.07, 6.45) is 0.500. The van der Waals surface area contributed by atoms with Crippen molar-refractivity contribution in [2.75, 3.05) is 58.8 Å². The molecule has 1 heterocycles. The highest BCUT2D eigenvalue weighted by molar-refractivity contribution is 5.91. The average molecular weight is 321 g/mol. The number of carbonyl (C=O) groups excluding carboxylic acids is 1. The number of piperazine rings is 1. The third kappa shape index (κ3) is 5.11. The number of nitrogens with one attached hydrogen (secondary N) is 1. The maximum atomic E-state index is 12.1. The zero-order chi connectivity index (χ0) is 16.7. The molecule has 1 aliphatic heterocycles. The van der Waals surface area contributed by atoms with E-state index in [0.717, 1.165) is 45.0 Å². The van der Waals surface area contributed by atoms with Crippen LogP contribution in [0.25, 0.3) is 0 Å². The van der Waals surface area contributed by atoms with Gasteiger partial charge in [0.1, 0.15) is 0 Å². The van der Waals surface area contributed by atoms with Crippen LogP contribution in [0, 0.1) is 0 Å². The summed E-state index contributed by atoms with van der Waals surface area (Å²) in [6.45, 7) is 8.35. The van der Waals surface area contributed by atoms with E-state index in [1.54, 1.807) is 26.4 Å². The summed E-state index contributed by atoms with van der Waals surface area (Å²) >= 11 is 0. The van der Waals surface area contributed by atoms with Crippen LogP contribution in [0.3, 0.4) is 0 Å². The number of carbonyl (C=O) groups is 1. The van der Waals surface area contributed by atoms with E-state index in [1.165, 1.54) is 0 Å². The Labute approximate surface area is 138 Å². The first-order valence-electron chi connectivity index (χ1n) is 8.12. The molecule has 1 aromatic rings. The Morgan fingerprint density at radius 1 is 1.09 bits per heavy atom. The van der Waals surface area contributed by atoms with Gasteiger partial charge < -0.3 is 24.6 Å². The number of nitrogens with zero attached hydrogens (tertiary/aromatic N) is 2. The molecule has 23 heavy (non-hydrogen) atoms. The van der Waals surface area contributed by atoms with E-state index in [1.807, 2.05) is 6.07 Å². The summed E-state index contributed by atoms with van der Waals surface area (Å²) in [5.74, 6) is 1.29. The van der Waals surface area contributed by atoms with E-state index in [-0.39, 0.29) is 5.91 Å². The van der Waals surface area contributed by atoms with Gasteiger partial charge >= 0.3 is 0 Å². The van der Waals surface area contributed by atoms with E-state index >= 15 is 0 Å². The number of hydrogen-bond acceptors (Lipinski definition) is 5. The highest BCUT2D eigenvalue weighted by atomic mass is 16.5. The molecule has 0 spiro atoms. The first kappa shape index (κ1) is 17.6. The molecule has 2 rings (SSSR count). The molecule has 6 heteroatoms. The number of methoxy groups -OCH3 is 2. The molecular weight excluding hydrogens is 294 g/mol. The van der Waals surface area contributed by atoms with Gasteiger partial charge in [0.25, 0.3) is 0 Å². The molecule has 0 aliphatic carbocycles. The van der Waals surface area contributed by atoms with Crippen LogP contribution >= 0.6 is 0 Å². The highest BCUT2D eigenvalue weighted by Crippen LogP contribution is 2.29. The van der Waals surface area contributed by atoms with Crippen LogP contribution in [0.15, 0.2) is 18.2 Å². The van der Waals surface area contributed by atoms with Crippen molar-refractivity contribution in [2.24, 2.45) is 0 Å². The minimum atomic E-state index is 0.0233. The first-order chi connectivity index (χ1) is 11.2. The van der Waals surface area contributed by atoms with Crippen molar-refractivity contribution in [2.45, 2.75) is 13.3 Å². The second-order valence-corrected chi connectivity index (χ2v) is 5.64. The average Bonchev–Trinajstić information content (AvgIpc) is 2.60. The maximum Gasteiger partial charge on any atom is 0.225 e. The quantitative estimate of drug-likeness (QED) is 0.828. The highest BCUT2D eigenvalue weighted by Gasteiger charge is 2.16. The maximum absolute atomic E-state index is 12.1. The minimum Gasteiger partial charge on any atom is -0.493 e. The molecule has 1 N–H and O–H groups in total. The predicted octanol–water partition coefficient (Wildman–Crippen LogP) is 1.67. The van der Waals surface area contributed by atoms with Crippen LogP contribution < -0.4 is 14.8 Å². The van der Waals surface area contributed by atoms with Crippen LogP contribution in [-0.2, 0) is 4.79 Å². The summed E-state index contributed by atoms with van der Waals surface area (Å²) in [5, 5.41) is 2.92. The van der Waals surface area contributed by atoms with Gasteiger partial charge in [-0.15, -0.1) is 0 Å². The largest absolute Gasteiger partial charge is 0.493 e. The van der Waals surface area contributed by atoms with Crippen LogP contribution in [-0.4, -0.2) is 69.2 Å². The van der Waals surface area contributed by atoms with Crippen molar-refractivity contribution < 1.29 is 14.3 Å². The summed E-state index contributed by atoms with van der Waals surface area (Å²) in [7, 11) is 3.17. The third-order valence-corrected chi connectivity index (χ3v) is 4.23. The fourth-order valence-corrected chi connectivity index (χ4v) is 2.73. The Kier molecular flexibility index (Phi) is 6.67. The SMILES string of the molecule is CCN1CCN(CCC(=O)Nc2ccc(OC)c(OC)c2)CC1. The molecule has 128 valence electrons. The molecule has 0 saturated carbocycles. The molecule has 1 fully saturated rings. The molecule has 1 aromatic carbocycles. The normalized spacial score (nSPS) is 16.1. The van der Waals surface area contributed by atoms with Gasteiger partial charge in [-0.3, -0.25) is 4.79 Å². The predicted molar refractivity (Wildman–Crippen MR) is 91.3 cm³/mol. The molecule has 0 bridgehead atoms.